The SMILES string of the molecule is COc1cccc(CCCNC(=O)[C@@H]2CC(=O)N[C@@H]([C@@H](C)O)C(=O)N[C@H](C)COc3ccccc3C(=O)N2)c1. The summed E-state index contributed by atoms with van der Waals surface area (Å²) in [7, 11) is 1.59. The summed E-state index contributed by atoms with van der Waals surface area (Å²) < 4.78 is 11.0. The zero-order chi connectivity index (χ0) is 28.4. The molecule has 1 aliphatic rings. The number of aliphatic hydroxyl groups excluding tert-OH is 1. The van der Waals surface area contributed by atoms with Gasteiger partial charge in [-0.15, -0.1) is 0 Å². The highest BCUT2D eigenvalue weighted by molar-refractivity contribution is 6.01. The molecule has 0 aromatic heterocycles. The first-order valence-electron chi connectivity index (χ1n) is 12.9. The highest BCUT2D eigenvalue weighted by Crippen LogP contribution is 2.19. The third-order valence-corrected chi connectivity index (χ3v) is 6.18. The minimum absolute atomic E-state index is 0.0354. The summed E-state index contributed by atoms with van der Waals surface area (Å²) >= 11 is 0. The summed E-state index contributed by atoms with van der Waals surface area (Å²) in [6.07, 6.45) is -0.342. The summed E-state index contributed by atoms with van der Waals surface area (Å²) in [5.74, 6) is -1.41. The first-order chi connectivity index (χ1) is 18.7. The van der Waals surface area contributed by atoms with E-state index in [9.17, 15) is 24.3 Å². The lowest BCUT2D eigenvalue weighted by Crippen LogP contribution is -2.56. The van der Waals surface area contributed by atoms with Crippen molar-refractivity contribution in [3.63, 3.8) is 0 Å². The molecule has 5 N–H and O–H groups in total. The molecule has 0 bridgehead atoms. The lowest BCUT2D eigenvalue weighted by atomic mass is 10.1. The number of methoxy groups -OCH3 is 1. The van der Waals surface area contributed by atoms with Crippen molar-refractivity contribution in [3.05, 3.63) is 59.7 Å². The Morgan fingerprint density at radius 3 is 2.64 bits per heavy atom. The fraction of sp³-hybridized carbons (Fsp3) is 0.429. The van der Waals surface area contributed by atoms with Crippen LogP contribution in [0.5, 0.6) is 11.5 Å². The van der Waals surface area contributed by atoms with Gasteiger partial charge in [0.2, 0.25) is 17.7 Å². The molecule has 39 heavy (non-hydrogen) atoms. The average Bonchev–Trinajstić information content (AvgIpc) is 2.92. The molecule has 4 amide bonds. The molecule has 11 nitrogen and oxygen atoms in total. The zero-order valence-corrected chi connectivity index (χ0v) is 22.4. The summed E-state index contributed by atoms with van der Waals surface area (Å²) in [6.45, 7) is 3.41. The van der Waals surface area contributed by atoms with Crippen molar-refractivity contribution in [1.82, 2.24) is 21.3 Å². The monoisotopic (exact) mass is 540 g/mol. The summed E-state index contributed by atoms with van der Waals surface area (Å²) in [6, 6.07) is 11.2. The van der Waals surface area contributed by atoms with Crippen molar-refractivity contribution in [2.45, 2.75) is 57.3 Å². The highest BCUT2D eigenvalue weighted by atomic mass is 16.5. The number of rotatable bonds is 7. The summed E-state index contributed by atoms with van der Waals surface area (Å²) in [4.78, 5) is 51.8. The molecule has 0 aliphatic carbocycles. The fourth-order valence-electron chi connectivity index (χ4n) is 4.09. The maximum Gasteiger partial charge on any atom is 0.255 e. The van der Waals surface area contributed by atoms with Gasteiger partial charge in [-0.05, 0) is 56.5 Å². The second kappa shape index (κ2) is 14.1. The zero-order valence-electron chi connectivity index (χ0n) is 22.4. The molecule has 3 rings (SSSR count). The van der Waals surface area contributed by atoms with E-state index in [1.165, 1.54) is 6.92 Å². The van der Waals surface area contributed by atoms with E-state index in [0.29, 0.717) is 19.4 Å². The minimum atomic E-state index is -1.25. The van der Waals surface area contributed by atoms with Gasteiger partial charge in [0.15, 0.2) is 0 Å². The number of carbonyl (C=O) groups is 4. The quantitative estimate of drug-likeness (QED) is 0.324. The maximum atomic E-state index is 13.2. The van der Waals surface area contributed by atoms with E-state index in [4.69, 9.17) is 9.47 Å². The predicted octanol–water partition coefficient (Wildman–Crippen LogP) is 0.695. The van der Waals surface area contributed by atoms with Gasteiger partial charge < -0.3 is 35.8 Å². The molecule has 1 heterocycles. The van der Waals surface area contributed by atoms with Gasteiger partial charge in [-0.1, -0.05) is 24.3 Å². The van der Waals surface area contributed by atoms with Gasteiger partial charge in [-0.2, -0.15) is 0 Å². The molecule has 2 aromatic rings. The Morgan fingerprint density at radius 1 is 1.13 bits per heavy atom. The largest absolute Gasteiger partial charge is 0.497 e. The topological polar surface area (TPSA) is 155 Å². The van der Waals surface area contributed by atoms with Crippen molar-refractivity contribution in [3.8, 4) is 11.5 Å². The third-order valence-electron chi connectivity index (χ3n) is 6.18. The molecule has 0 radical (unpaired) electrons. The Labute approximate surface area is 227 Å². The van der Waals surface area contributed by atoms with E-state index in [1.54, 1.807) is 38.3 Å². The third kappa shape index (κ3) is 8.71. The second-order valence-electron chi connectivity index (χ2n) is 9.48. The number of hydrogen-bond acceptors (Lipinski definition) is 7. The summed E-state index contributed by atoms with van der Waals surface area (Å²) in [5.41, 5.74) is 1.23. The molecule has 0 fully saturated rings. The van der Waals surface area contributed by atoms with E-state index in [1.807, 2.05) is 24.3 Å². The first kappa shape index (κ1) is 29.4. The smallest absolute Gasteiger partial charge is 0.255 e. The molecule has 1 aliphatic heterocycles. The molecular weight excluding hydrogens is 504 g/mol. The normalized spacial score (nSPS) is 21.1. The molecular formula is C28H36N4O7. The Kier molecular flexibility index (Phi) is 10.7. The van der Waals surface area contributed by atoms with E-state index >= 15 is 0 Å². The van der Waals surface area contributed by atoms with Crippen molar-refractivity contribution >= 4 is 23.6 Å². The van der Waals surface area contributed by atoms with Crippen LogP contribution in [0.3, 0.4) is 0 Å². The molecule has 0 unspecified atom stereocenters. The van der Waals surface area contributed by atoms with Gasteiger partial charge in [0.05, 0.1) is 31.2 Å². The minimum Gasteiger partial charge on any atom is -0.497 e. The Morgan fingerprint density at radius 2 is 1.90 bits per heavy atom. The van der Waals surface area contributed by atoms with Gasteiger partial charge in [0.25, 0.3) is 5.91 Å². The number of benzene rings is 2. The summed E-state index contributed by atoms with van der Waals surface area (Å²) in [5, 5.41) is 20.7. The number of para-hydroxylation sites is 1. The molecule has 11 heteroatoms. The maximum absolute atomic E-state index is 13.2. The standard InChI is InChI=1S/C28H36N4O7/c1-17-16-39-23-12-5-4-11-21(23)26(35)31-22(15-24(34)32-25(18(2)33)28(37)30-17)27(36)29-13-7-9-19-8-6-10-20(14-19)38-3/h4-6,8,10-12,14,17-18,22,25,33H,7,9,13,15-16H2,1-3H3,(H,29,36)(H,30,37)(H,31,35)(H,32,34)/t17-,18-,22+,25+/m1/s1. The molecule has 0 saturated carbocycles. The van der Waals surface area contributed by atoms with Crippen molar-refractivity contribution in [2.24, 2.45) is 0 Å². The van der Waals surface area contributed by atoms with Gasteiger partial charge in [0, 0.05) is 6.54 Å². The van der Waals surface area contributed by atoms with Crippen LogP contribution >= 0.6 is 0 Å². The lowest BCUT2D eigenvalue weighted by molar-refractivity contribution is -0.133. The number of amides is 4. The van der Waals surface area contributed by atoms with E-state index < -0.39 is 54.3 Å². The Bertz CT molecular complexity index is 1170. The molecule has 0 spiro atoms. The first-order valence-corrected chi connectivity index (χ1v) is 12.9. The van der Waals surface area contributed by atoms with Crippen LogP contribution in [0.15, 0.2) is 48.5 Å². The highest BCUT2D eigenvalue weighted by Gasteiger charge is 2.31. The number of nitrogens with one attached hydrogen (secondary N) is 4. The van der Waals surface area contributed by atoms with Crippen LogP contribution in [-0.2, 0) is 20.8 Å². The number of hydrogen-bond donors (Lipinski definition) is 5. The van der Waals surface area contributed by atoms with Gasteiger partial charge in [-0.25, -0.2) is 0 Å². The van der Waals surface area contributed by atoms with Gasteiger partial charge in [0.1, 0.15) is 30.2 Å². The second-order valence-corrected chi connectivity index (χ2v) is 9.48. The van der Waals surface area contributed by atoms with Gasteiger partial charge in [-0.3, -0.25) is 19.2 Å². The van der Waals surface area contributed by atoms with Crippen LogP contribution in [0.1, 0.15) is 42.6 Å². The van der Waals surface area contributed by atoms with Crippen molar-refractivity contribution in [1.29, 1.82) is 0 Å². The van der Waals surface area contributed by atoms with E-state index in [-0.39, 0.29) is 17.9 Å². The number of aliphatic hydroxyl groups is 1. The Hall–Kier alpha value is -4.12. The fourth-order valence-corrected chi connectivity index (χ4v) is 4.09. The van der Waals surface area contributed by atoms with Gasteiger partial charge >= 0.3 is 0 Å². The lowest BCUT2D eigenvalue weighted by Gasteiger charge is -2.26. The van der Waals surface area contributed by atoms with E-state index in [2.05, 4.69) is 21.3 Å². The molecule has 2 aromatic carbocycles. The number of carbonyl (C=O) groups excluding carboxylic acids is 4. The van der Waals surface area contributed by atoms with Crippen LogP contribution in [0, 0.1) is 0 Å². The average molecular weight is 541 g/mol. The number of fused-ring (bicyclic) bond motifs is 1. The van der Waals surface area contributed by atoms with Crippen molar-refractivity contribution in [2.75, 3.05) is 20.3 Å². The number of aryl methyl sites for hydroxylation is 1. The van der Waals surface area contributed by atoms with Crippen molar-refractivity contribution < 1.29 is 33.8 Å². The number of ether oxygens (including phenoxy) is 2. The van der Waals surface area contributed by atoms with Crippen LogP contribution in [0.2, 0.25) is 0 Å². The predicted molar refractivity (Wildman–Crippen MR) is 143 cm³/mol. The molecule has 210 valence electrons. The van der Waals surface area contributed by atoms with Crippen LogP contribution < -0.4 is 30.7 Å². The van der Waals surface area contributed by atoms with Crippen LogP contribution in [-0.4, -0.2) is 73.2 Å². The van der Waals surface area contributed by atoms with Crippen LogP contribution in [0.4, 0.5) is 0 Å². The van der Waals surface area contributed by atoms with Crippen LogP contribution in [0.25, 0.3) is 0 Å². The Balaban J connectivity index is 1.75. The molecule has 0 saturated heterocycles. The molecule has 4 atom stereocenters. The van der Waals surface area contributed by atoms with E-state index in [0.717, 1.165) is 11.3 Å².